The fraction of sp³-hybridized carbons (Fsp3) is 0.571. The Morgan fingerprint density at radius 1 is 1.43 bits per heavy atom. The number of aliphatic imine (C=N–C) groups is 1. The monoisotopic (exact) mass is 294 g/mol. The van der Waals surface area contributed by atoms with Crippen LogP contribution in [0.15, 0.2) is 27.8 Å². The maximum Gasteiger partial charge on any atom is 0.239 e. The first kappa shape index (κ1) is 15.4. The van der Waals surface area contributed by atoms with E-state index in [2.05, 4.69) is 20.9 Å². The Kier molecular flexibility index (Phi) is 6.08. The standard InChI is InChI=1S/C14H22N4O3/c1-15-14(17-9-12-5-3-7-21-12)18-10-13(19)16-8-11-4-2-6-20-11/h2,4,6,12H,3,5,7-10H2,1H3,(H,16,19)(H2,15,17,18). The molecule has 3 N–H and O–H groups in total. The van der Waals surface area contributed by atoms with E-state index in [-0.39, 0.29) is 18.6 Å². The molecule has 1 fully saturated rings. The van der Waals surface area contributed by atoms with Crippen molar-refractivity contribution < 1.29 is 13.9 Å². The van der Waals surface area contributed by atoms with Gasteiger partial charge in [0.1, 0.15) is 5.76 Å². The van der Waals surface area contributed by atoms with E-state index in [4.69, 9.17) is 9.15 Å². The van der Waals surface area contributed by atoms with E-state index in [1.165, 1.54) is 0 Å². The molecule has 1 aliphatic heterocycles. The molecule has 1 atom stereocenters. The van der Waals surface area contributed by atoms with Crippen LogP contribution in [0.2, 0.25) is 0 Å². The Morgan fingerprint density at radius 2 is 2.33 bits per heavy atom. The Morgan fingerprint density at radius 3 is 3.00 bits per heavy atom. The molecule has 1 amide bonds. The van der Waals surface area contributed by atoms with Crippen molar-refractivity contribution in [2.75, 3.05) is 26.7 Å². The van der Waals surface area contributed by atoms with Gasteiger partial charge in [-0.2, -0.15) is 0 Å². The summed E-state index contributed by atoms with van der Waals surface area (Å²) in [5.41, 5.74) is 0. The molecule has 0 saturated carbocycles. The van der Waals surface area contributed by atoms with Crippen LogP contribution in [0.1, 0.15) is 18.6 Å². The number of ether oxygens (including phenoxy) is 1. The van der Waals surface area contributed by atoms with Crippen LogP contribution in [-0.2, 0) is 16.1 Å². The first-order valence-electron chi connectivity index (χ1n) is 7.13. The van der Waals surface area contributed by atoms with Crippen LogP contribution >= 0.6 is 0 Å². The van der Waals surface area contributed by atoms with Gasteiger partial charge < -0.3 is 25.1 Å². The summed E-state index contributed by atoms with van der Waals surface area (Å²) in [6, 6.07) is 3.60. The van der Waals surface area contributed by atoms with Crippen molar-refractivity contribution >= 4 is 11.9 Å². The Labute approximate surface area is 124 Å². The third-order valence-corrected chi connectivity index (χ3v) is 3.20. The zero-order chi connectivity index (χ0) is 14.9. The fourth-order valence-electron chi connectivity index (χ4n) is 2.06. The number of guanidine groups is 1. The van der Waals surface area contributed by atoms with E-state index in [1.54, 1.807) is 19.4 Å². The lowest BCUT2D eigenvalue weighted by atomic mass is 10.2. The summed E-state index contributed by atoms with van der Waals surface area (Å²) in [6.45, 7) is 2.07. The lowest BCUT2D eigenvalue weighted by Crippen LogP contribution is -2.45. The molecule has 1 aromatic heterocycles. The van der Waals surface area contributed by atoms with Crippen molar-refractivity contribution in [3.05, 3.63) is 24.2 Å². The third-order valence-electron chi connectivity index (χ3n) is 3.20. The summed E-state index contributed by atoms with van der Waals surface area (Å²) in [7, 11) is 1.67. The molecule has 1 saturated heterocycles. The maximum atomic E-state index is 11.7. The smallest absolute Gasteiger partial charge is 0.239 e. The molecule has 1 aliphatic rings. The molecule has 2 rings (SSSR count). The van der Waals surface area contributed by atoms with Crippen molar-refractivity contribution in [2.45, 2.75) is 25.5 Å². The molecule has 0 bridgehead atoms. The van der Waals surface area contributed by atoms with E-state index in [9.17, 15) is 4.79 Å². The van der Waals surface area contributed by atoms with E-state index in [0.29, 0.717) is 19.0 Å². The van der Waals surface area contributed by atoms with Crippen LogP contribution < -0.4 is 16.0 Å². The number of rotatable bonds is 6. The lowest BCUT2D eigenvalue weighted by molar-refractivity contribution is -0.120. The molecule has 1 aromatic rings. The van der Waals surface area contributed by atoms with Crippen molar-refractivity contribution in [3.8, 4) is 0 Å². The molecular formula is C14H22N4O3. The van der Waals surface area contributed by atoms with Gasteiger partial charge in [0.25, 0.3) is 0 Å². The number of carbonyl (C=O) groups excluding carboxylic acids is 1. The van der Waals surface area contributed by atoms with Gasteiger partial charge in [0.15, 0.2) is 5.96 Å². The SMILES string of the molecule is CN=C(NCC(=O)NCc1ccco1)NCC1CCCO1. The molecule has 2 heterocycles. The lowest BCUT2D eigenvalue weighted by Gasteiger charge is -2.14. The van der Waals surface area contributed by atoms with Gasteiger partial charge in [-0.05, 0) is 25.0 Å². The van der Waals surface area contributed by atoms with Crippen molar-refractivity contribution in [1.82, 2.24) is 16.0 Å². The van der Waals surface area contributed by atoms with Crippen molar-refractivity contribution in [3.63, 3.8) is 0 Å². The molecule has 1 unspecified atom stereocenters. The van der Waals surface area contributed by atoms with Gasteiger partial charge in [-0.15, -0.1) is 0 Å². The number of amides is 1. The largest absolute Gasteiger partial charge is 0.467 e. The maximum absolute atomic E-state index is 11.7. The third kappa shape index (κ3) is 5.47. The van der Waals surface area contributed by atoms with E-state index in [0.717, 1.165) is 25.2 Å². The predicted octanol–water partition coefficient (Wildman–Crippen LogP) is 0.240. The van der Waals surface area contributed by atoms with Crippen molar-refractivity contribution in [2.24, 2.45) is 4.99 Å². The highest BCUT2D eigenvalue weighted by Crippen LogP contribution is 2.10. The van der Waals surface area contributed by atoms with Gasteiger partial charge in [0.05, 0.1) is 25.5 Å². The van der Waals surface area contributed by atoms with Gasteiger partial charge in [-0.3, -0.25) is 9.79 Å². The topological polar surface area (TPSA) is 87.9 Å². The average Bonchev–Trinajstić information content (AvgIpc) is 3.18. The number of nitrogens with zero attached hydrogens (tertiary/aromatic N) is 1. The number of hydrogen-bond donors (Lipinski definition) is 3. The van der Waals surface area contributed by atoms with Crippen LogP contribution in [0, 0.1) is 0 Å². The minimum atomic E-state index is -0.119. The van der Waals surface area contributed by atoms with E-state index < -0.39 is 0 Å². The summed E-state index contributed by atoms with van der Waals surface area (Å²) in [5, 5.41) is 8.87. The van der Waals surface area contributed by atoms with Crippen LogP contribution in [0.25, 0.3) is 0 Å². The second-order valence-corrected chi connectivity index (χ2v) is 4.80. The second-order valence-electron chi connectivity index (χ2n) is 4.80. The van der Waals surface area contributed by atoms with Crippen LogP contribution in [-0.4, -0.2) is 44.7 Å². The molecule has 7 nitrogen and oxygen atoms in total. The molecule has 0 spiro atoms. The highest BCUT2D eigenvalue weighted by molar-refractivity contribution is 5.86. The van der Waals surface area contributed by atoms with Crippen LogP contribution in [0.4, 0.5) is 0 Å². The van der Waals surface area contributed by atoms with Crippen LogP contribution in [0.5, 0.6) is 0 Å². The molecule has 0 aliphatic carbocycles. The predicted molar refractivity (Wildman–Crippen MR) is 78.9 cm³/mol. The normalized spacial score (nSPS) is 18.5. The number of nitrogens with one attached hydrogen (secondary N) is 3. The number of hydrogen-bond acceptors (Lipinski definition) is 4. The summed E-state index contributed by atoms with van der Waals surface area (Å²) in [4.78, 5) is 15.8. The van der Waals surface area contributed by atoms with Gasteiger partial charge in [0, 0.05) is 20.2 Å². The molecule has 0 radical (unpaired) electrons. The summed E-state index contributed by atoms with van der Waals surface area (Å²) in [5.74, 6) is 1.20. The quantitative estimate of drug-likeness (QED) is 0.517. The van der Waals surface area contributed by atoms with Crippen LogP contribution in [0.3, 0.4) is 0 Å². The Hall–Kier alpha value is -2.02. The second kappa shape index (κ2) is 8.31. The molecule has 21 heavy (non-hydrogen) atoms. The average molecular weight is 294 g/mol. The number of furan rings is 1. The van der Waals surface area contributed by atoms with Gasteiger partial charge in [0.2, 0.25) is 5.91 Å². The summed E-state index contributed by atoms with van der Waals surface area (Å²) in [6.07, 6.45) is 3.98. The molecule has 7 heteroatoms. The fourth-order valence-corrected chi connectivity index (χ4v) is 2.06. The molecular weight excluding hydrogens is 272 g/mol. The van der Waals surface area contributed by atoms with E-state index >= 15 is 0 Å². The van der Waals surface area contributed by atoms with Gasteiger partial charge in [-0.25, -0.2) is 0 Å². The van der Waals surface area contributed by atoms with Crippen molar-refractivity contribution in [1.29, 1.82) is 0 Å². The zero-order valence-electron chi connectivity index (χ0n) is 12.2. The van der Waals surface area contributed by atoms with Gasteiger partial charge in [-0.1, -0.05) is 0 Å². The zero-order valence-corrected chi connectivity index (χ0v) is 12.2. The Bertz CT molecular complexity index is 453. The minimum absolute atomic E-state index is 0.119. The highest BCUT2D eigenvalue weighted by atomic mass is 16.5. The summed E-state index contributed by atoms with van der Waals surface area (Å²) >= 11 is 0. The first-order chi connectivity index (χ1) is 10.3. The van der Waals surface area contributed by atoms with Gasteiger partial charge >= 0.3 is 0 Å². The summed E-state index contributed by atoms with van der Waals surface area (Å²) < 4.78 is 10.7. The first-order valence-corrected chi connectivity index (χ1v) is 7.13. The number of carbonyl (C=O) groups is 1. The van der Waals surface area contributed by atoms with E-state index in [1.807, 2.05) is 6.07 Å². The molecule has 0 aromatic carbocycles. The minimum Gasteiger partial charge on any atom is -0.467 e. The Balaban J connectivity index is 1.61. The highest BCUT2D eigenvalue weighted by Gasteiger charge is 2.15. The molecule has 116 valence electrons.